The van der Waals surface area contributed by atoms with E-state index in [1.165, 1.54) is 0 Å². The molecular weight excluding hydrogens is 347 g/mol. The lowest BCUT2D eigenvalue weighted by molar-refractivity contribution is 0.196. The highest BCUT2D eigenvalue weighted by Gasteiger charge is 2.15. The van der Waals surface area contributed by atoms with Crippen molar-refractivity contribution in [3.63, 3.8) is 0 Å². The van der Waals surface area contributed by atoms with Crippen molar-refractivity contribution in [2.45, 2.75) is 39.5 Å². The molecule has 5 nitrogen and oxygen atoms in total. The van der Waals surface area contributed by atoms with Crippen LogP contribution >= 0.6 is 35.6 Å². The molecule has 1 aromatic heterocycles. The maximum atomic E-state index is 6.06. The minimum Gasteiger partial charge on any atom is -0.338 e. The van der Waals surface area contributed by atoms with Gasteiger partial charge < -0.3 is 10.3 Å². The Hall–Kier alpha value is -0.850. The quantitative estimate of drug-likeness (QED) is 0.846. The van der Waals surface area contributed by atoms with Gasteiger partial charge in [-0.1, -0.05) is 34.4 Å². The zero-order valence-corrected chi connectivity index (χ0v) is 14.8. The van der Waals surface area contributed by atoms with Crippen LogP contribution < -0.4 is 5.73 Å². The molecular formula is C14H19Cl3N4O. The van der Waals surface area contributed by atoms with E-state index in [9.17, 15) is 0 Å². The molecule has 22 heavy (non-hydrogen) atoms. The van der Waals surface area contributed by atoms with E-state index in [0.29, 0.717) is 34.3 Å². The van der Waals surface area contributed by atoms with Crippen molar-refractivity contribution < 1.29 is 4.52 Å². The van der Waals surface area contributed by atoms with Crippen molar-refractivity contribution in [2.24, 2.45) is 5.73 Å². The maximum absolute atomic E-state index is 6.06. The van der Waals surface area contributed by atoms with E-state index in [4.69, 9.17) is 33.5 Å². The molecule has 2 N–H and O–H groups in total. The summed E-state index contributed by atoms with van der Waals surface area (Å²) in [5.41, 5.74) is 6.56. The fourth-order valence-electron chi connectivity index (χ4n) is 1.91. The van der Waals surface area contributed by atoms with Crippen LogP contribution in [-0.2, 0) is 19.6 Å². The predicted octanol–water partition coefficient (Wildman–Crippen LogP) is 3.67. The zero-order chi connectivity index (χ0) is 15.4. The smallest absolute Gasteiger partial charge is 0.240 e. The van der Waals surface area contributed by atoms with Gasteiger partial charge in [-0.2, -0.15) is 4.98 Å². The molecule has 0 saturated carbocycles. The van der Waals surface area contributed by atoms with Crippen LogP contribution in [0.1, 0.15) is 31.1 Å². The maximum Gasteiger partial charge on any atom is 0.240 e. The molecule has 0 saturated heterocycles. The normalized spacial score (nSPS) is 11.0. The molecule has 122 valence electrons. The topological polar surface area (TPSA) is 68.2 Å². The van der Waals surface area contributed by atoms with Gasteiger partial charge in [0.15, 0.2) is 5.82 Å². The van der Waals surface area contributed by atoms with Crippen molar-refractivity contribution in [1.82, 2.24) is 15.0 Å². The number of hydrogen-bond donors (Lipinski definition) is 1. The standard InChI is InChI=1S/C14H18Cl2N4O.ClH/c1-9(2)20(8-13-18-14(6-17)21-19-13)7-10-3-4-11(15)12(16)5-10;/h3-5,9H,6-8,17H2,1-2H3;1H. The fraction of sp³-hybridized carbons (Fsp3) is 0.429. The van der Waals surface area contributed by atoms with Crippen molar-refractivity contribution in [3.05, 3.63) is 45.5 Å². The molecule has 0 amide bonds. The largest absolute Gasteiger partial charge is 0.338 e. The highest BCUT2D eigenvalue weighted by atomic mass is 35.5. The van der Waals surface area contributed by atoms with Gasteiger partial charge in [-0.25, -0.2) is 0 Å². The van der Waals surface area contributed by atoms with Gasteiger partial charge >= 0.3 is 0 Å². The molecule has 2 aromatic rings. The Balaban J connectivity index is 0.00000242. The highest BCUT2D eigenvalue weighted by molar-refractivity contribution is 6.42. The molecule has 0 spiro atoms. The average Bonchev–Trinajstić information content (AvgIpc) is 2.90. The van der Waals surface area contributed by atoms with Crippen LogP contribution in [0, 0.1) is 0 Å². The SMILES string of the molecule is CC(C)N(Cc1ccc(Cl)c(Cl)c1)Cc1noc(CN)n1.Cl. The fourth-order valence-corrected chi connectivity index (χ4v) is 2.23. The minimum absolute atomic E-state index is 0. The molecule has 1 aromatic carbocycles. The summed E-state index contributed by atoms with van der Waals surface area (Å²) in [5.74, 6) is 1.08. The van der Waals surface area contributed by atoms with Crippen LogP contribution in [0.3, 0.4) is 0 Å². The third-order valence-electron chi connectivity index (χ3n) is 3.13. The summed E-state index contributed by atoms with van der Waals surface area (Å²) in [6, 6.07) is 5.96. The van der Waals surface area contributed by atoms with E-state index in [-0.39, 0.29) is 19.0 Å². The van der Waals surface area contributed by atoms with E-state index < -0.39 is 0 Å². The summed E-state index contributed by atoms with van der Waals surface area (Å²) in [7, 11) is 0. The summed E-state index contributed by atoms with van der Waals surface area (Å²) in [5, 5.41) is 5.04. The van der Waals surface area contributed by atoms with E-state index in [1.807, 2.05) is 12.1 Å². The highest BCUT2D eigenvalue weighted by Crippen LogP contribution is 2.24. The number of halogens is 3. The minimum atomic E-state index is 0. The predicted molar refractivity (Wildman–Crippen MR) is 90.3 cm³/mol. The lowest BCUT2D eigenvalue weighted by Crippen LogP contribution is -2.30. The van der Waals surface area contributed by atoms with Crippen LogP contribution in [0.15, 0.2) is 22.7 Å². The number of nitrogens with zero attached hydrogens (tertiary/aromatic N) is 3. The first kappa shape index (κ1) is 19.2. The lowest BCUT2D eigenvalue weighted by atomic mass is 10.2. The van der Waals surface area contributed by atoms with Crippen molar-refractivity contribution in [2.75, 3.05) is 0 Å². The van der Waals surface area contributed by atoms with E-state index >= 15 is 0 Å². The van der Waals surface area contributed by atoms with Crippen LogP contribution in [0.5, 0.6) is 0 Å². The Morgan fingerprint density at radius 2 is 1.95 bits per heavy atom. The van der Waals surface area contributed by atoms with Gasteiger partial charge in [0.25, 0.3) is 0 Å². The Labute approximate surface area is 146 Å². The van der Waals surface area contributed by atoms with Gasteiger partial charge in [-0.3, -0.25) is 4.90 Å². The molecule has 1 heterocycles. The third kappa shape index (κ3) is 5.11. The van der Waals surface area contributed by atoms with E-state index in [1.54, 1.807) is 6.07 Å². The van der Waals surface area contributed by atoms with Gasteiger partial charge in [-0.05, 0) is 31.5 Å². The number of benzene rings is 1. The monoisotopic (exact) mass is 364 g/mol. The molecule has 0 radical (unpaired) electrons. The third-order valence-corrected chi connectivity index (χ3v) is 3.87. The number of hydrogen-bond acceptors (Lipinski definition) is 5. The lowest BCUT2D eigenvalue weighted by Gasteiger charge is -2.25. The number of nitrogens with two attached hydrogens (primary N) is 1. The van der Waals surface area contributed by atoms with Crippen molar-refractivity contribution in [3.8, 4) is 0 Å². The van der Waals surface area contributed by atoms with Gasteiger partial charge in [0.05, 0.1) is 23.1 Å². The number of rotatable bonds is 6. The molecule has 0 bridgehead atoms. The van der Waals surface area contributed by atoms with E-state index in [2.05, 4.69) is 28.9 Å². The molecule has 0 atom stereocenters. The second-order valence-electron chi connectivity index (χ2n) is 5.06. The summed E-state index contributed by atoms with van der Waals surface area (Å²) >= 11 is 12.0. The molecule has 8 heteroatoms. The summed E-state index contributed by atoms with van der Waals surface area (Å²) in [6.45, 7) is 5.78. The Bertz CT molecular complexity index is 604. The van der Waals surface area contributed by atoms with Crippen LogP contribution in [0.4, 0.5) is 0 Å². The molecule has 0 aliphatic heterocycles. The molecule has 0 fully saturated rings. The number of aromatic nitrogens is 2. The van der Waals surface area contributed by atoms with Gasteiger partial charge in [0.2, 0.25) is 5.89 Å². The zero-order valence-electron chi connectivity index (χ0n) is 12.4. The second-order valence-corrected chi connectivity index (χ2v) is 5.87. The Morgan fingerprint density at radius 3 is 2.50 bits per heavy atom. The van der Waals surface area contributed by atoms with Gasteiger partial charge in [0, 0.05) is 12.6 Å². The average molecular weight is 366 g/mol. The summed E-state index contributed by atoms with van der Waals surface area (Å²) < 4.78 is 5.03. The van der Waals surface area contributed by atoms with Crippen LogP contribution in [-0.4, -0.2) is 21.1 Å². The Morgan fingerprint density at radius 1 is 1.23 bits per heavy atom. The first-order chi connectivity index (χ1) is 9.99. The van der Waals surface area contributed by atoms with Crippen molar-refractivity contribution in [1.29, 1.82) is 0 Å². The molecule has 2 rings (SSSR count). The second kappa shape index (κ2) is 8.70. The molecule has 0 unspecified atom stereocenters. The van der Waals surface area contributed by atoms with Crippen LogP contribution in [0.25, 0.3) is 0 Å². The van der Waals surface area contributed by atoms with Gasteiger partial charge in [0.1, 0.15) is 0 Å². The molecule has 0 aliphatic carbocycles. The summed E-state index contributed by atoms with van der Waals surface area (Å²) in [6.07, 6.45) is 0. The van der Waals surface area contributed by atoms with Gasteiger partial charge in [-0.15, -0.1) is 12.4 Å². The van der Waals surface area contributed by atoms with Crippen molar-refractivity contribution >= 4 is 35.6 Å². The van der Waals surface area contributed by atoms with Crippen LogP contribution in [0.2, 0.25) is 10.0 Å². The Kier molecular flexibility index (Phi) is 7.59. The molecule has 0 aliphatic rings. The van der Waals surface area contributed by atoms with E-state index in [0.717, 1.165) is 12.1 Å². The summed E-state index contributed by atoms with van der Waals surface area (Å²) in [4.78, 5) is 6.45. The first-order valence-electron chi connectivity index (χ1n) is 6.69. The first-order valence-corrected chi connectivity index (χ1v) is 7.44.